The fourth-order valence-corrected chi connectivity index (χ4v) is 6.86. The maximum absolute atomic E-state index is 13.0. The first-order chi connectivity index (χ1) is 14.0. The number of ketones is 1. The third-order valence-electron chi connectivity index (χ3n) is 7.71. The van der Waals surface area contributed by atoms with Crippen LogP contribution >= 0.6 is 0 Å². The van der Waals surface area contributed by atoms with Gasteiger partial charge in [0, 0.05) is 23.6 Å². The molecule has 0 saturated carbocycles. The molecule has 148 valence electrons. The molecule has 4 aliphatic heterocycles. The highest BCUT2D eigenvalue weighted by atomic mass is 16.1. The molecule has 0 radical (unpaired) electrons. The number of piperidine rings is 2. The van der Waals surface area contributed by atoms with Gasteiger partial charge < -0.3 is 4.57 Å². The average Bonchev–Trinajstić information content (AvgIpc) is 3.04. The molecule has 0 aliphatic carbocycles. The lowest BCUT2D eigenvalue weighted by Crippen LogP contribution is -3.41. The van der Waals surface area contributed by atoms with Crippen LogP contribution in [0.15, 0.2) is 60.8 Å². The van der Waals surface area contributed by atoms with Gasteiger partial charge in [-0.25, -0.2) is 0 Å². The van der Waals surface area contributed by atoms with Gasteiger partial charge in [-0.05, 0) is 25.5 Å². The quantitative estimate of drug-likeness (QED) is 0.692. The van der Waals surface area contributed by atoms with Crippen molar-refractivity contribution in [2.45, 2.75) is 26.6 Å². The smallest absolute Gasteiger partial charge is 0.242 e. The predicted molar refractivity (Wildman–Crippen MR) is 113 cm³/mol. The maximum Gasteiger partial charge on any atom is 0.242 e. The van der Waals surface area contributed by atoms with Crippen LogP contribution in [0, 0.1) is 10.8 Å². The third-order valence-corrected chi connectivity index (χ3v) is 7.71. The summed E-state index contributed by atoms with van der Waals surface area (Å²) in [5.41, 5.74) is 3.81. The summed E-state index contributed by atoms with van der Waals surface area (Å²) in [5, 5.41) is 1.38. The second kappa shape index (κ2) is 5.80. The van der Waals surface area contributed by atoms with Crippen LogP contribution in [-0.4, -0.2) is 36.5 Å². The first kappa shape index (κ1) is 17.4. The number of aromatic nitrogens is 1. The minimum atomic E-state index is -0.144. The number of fused-ring (bicyclic) bond motifs is 1. The summed E-state index contributed by atoms with van der Waals surface area (Å²) < 4.78 is 2.42. The molecule has 4 bridgehead atoms. The van der Waals surface area contributed by atoms with Crippen LogP contribution < -0.4 is 9.80 Å². The van der Waals surface area contributed by atoms with Crippen LogP contribution in [0.25, 0.3) is 10.9 Å². The minimum Gasteiger partial charge on any atom is -0.342 e. The van der Waals surface area contributed by atoms with Gasteiger partial charge in [-0.2, -0.15) is 0 Å². The summed E-state index contributed by atoms with van der Waals surface area (Å²) in [4.78, 5) is 16.3. The monoisotopic (exact) mass is 387 g/mol. The van der Waals surface area contributed by atoms with Crippen LogP contribution in [0.3, 0.4) is 0 Å². The van der Waals surface area contributed by atoms with E-state index >= 15 is 0 Å². The Bertz CT molecular complexity index is 1080. The zero-order valence-corrected chi connectivity index (χ0v) is 17.2. The molecule has 4 heteroatoms. The number of rotatable bonds is 3. The van der Waals surface area contributed by atoms with E-state index in [1.807, 2.05) is 0 Å². The molecule has 4 nitrogen and oxygen atoms in total. The molecule has 0 amide bonds. The second-order valence-corrected chi connectivity index (χ2v) is 10.1. The van der Waals surface area contributed by atoms with Crippen LogP contribution in [0.4, 0.5) is 0 Å². The van der Waals surface area contributed by atoms with Crippen molar-refractivity contribution in [3.8, 4) is 0 Å². The number of nitrogens with one attached hydrogen (secondary N) is 2. The lowest BCUT2D eigenvalue weighted by Gasteiger charge is -2.58. The Morgan fingerprint density at radius 3 is 2.14 bits per heavy atom. The molecule has 7 rings (SSSR count). The zero-order chi connectivity index (χ0) is 19.8. The molecule has 3 aromatic rings. The summed E-state index contributed by atoms with van der Waals surface area (Å²) >= 11 is 0. The Hall–Kier alpha value is -2.43. The fourth-order valence-electron chi connectivity index (χ4n) is 6.86. The van der Waals surface area contributed by atoms with Crippen molar-refractivity contribution in [1.29, 1.82) is 0 Å². The molecule has 2 aromatic carbocycles. The van der Waals surface area contributed by atoms with Gasteiger partial charge >= 0.3 is 0 Å². The highest BCUT2D eigenvalue weighted by Gasteiger charge is 2.68. The Morgan fingerprint density at radius 2 is 1.48 bits per heavy atom. The number of hydrogen-bond donors (Lipinski definition) is 2. The van der Waals surface area contributed by atoms with Crippen molar-refractivity contribution in [3.05, 3.63) is 71.9 Å². The number of hydrogen-bond acceptors (Lipinski definition) is 1. The number of quaternary nitrogens is 2. The van der Waals surface area contributed by atoms with Crippen LogP contribution in [0.2, 0.25) is 0 Å². The molecule has 0 spiro atoms. The SMILES string of the molecule is CC12C[NH+]3CC(C)(C[NH+](C1)C3c1cn(Cc3ccccc3)c3ccccc13)C2=O. The van der Waals surface area contributed by atoms with Gasteiger partial charge in [-0.15, -0.1) is 0 Å². The number of carbonyl (C=O) groups excluding carboxylic acids is 1. The molecule has 2 N–H and O–H groups in total. The van der Waals surface area contributed by atoms with Gasteiger partial charge in [0.1, 0.15) is 10.8 Å². The Labute approximate surface area is 171 Å². The van der Waals surface area contributed by atoms with E-state index in [4.69, 9.17) is 0 Å². The van der Waals surface area contributed by atoms with E-state index < -0.39 is 0 Å². The van der Waals surface area contributed by atoms with E-state index in [0.29, 0.717) is 11.9 Å². The first-order valence-corrected chi connectivity index (χ1v) is 10.8. The molecule has 1 aromatic heterocycles. The van der Waals surface area contributed by atoms with Gasteiger partial charge in [-0.1, -0.05) is 48.5 Å². The van der Waals surface area contributed by atoms with Crippen molar-refractivity contribution in [3.63, 3.8) is 0 Å². The molecular formula is C25H29N3O+2. The zero-order valence-electron chi connectivity index (χ0n) is 17.2. The molecule has 5 heterocycles. The minimum absolute atomic E-state index is 0.144. The van der Waals surface area contributed by atoms with Crippen molar-refractivity contribution in [2.75, 3.05) is 26.2 Å². The first-order valence-electron chi connectivity index (χ1n) is 10.8. The number of Topliss-reactive ketones (excluding diaryl/α,β-unsaturated/α-hetero) is 1. The Kier molecular flexibility index (Phi) is 3.49. The summed E-state index contributed by atoms with van der Waals surface area (Å²) in [6.45, 7) is 9.23. The van der Waals surface area contributed by atoms with Crippen molar-refractivity contribution in [2.24, 2.45) is 10.8 Å². The van der Waals surface area contributed by atoms with E-state index in [2.05, 4.69) is 79.2 Å². The molecule has 0 atom stereocenters. The molecule has 4 fully saturated rings. The van der Waals surface area contributed by atoms with Crippen molar-refractivity contribution < 1.29 is 14.6 Å². The number of para-hydroxylation sites is 1. The van der Waals surface area contributed by atoms with E-state index in [1.54, 1.807) is 9.80 Å². The van der Waals surface area contributed by atoms with E-state index in [9.17, 15) is 4.79 Å². The molecule has 29 heavy (non-hydrogen) atoms. The van der Waals surface area contributed by atoms with E-state index in [1.165, 1.54) is 22.0 Å². The lowest BCUT2D eigenvalue weighted by molar-refractivity contribution is -1.18. The normalized spacial score (nSPS) is 35.5. The topological polar surface area (TPSA) is 30.9 Å². The fraction of sp³-hybridized carbons (Fsp3) is 0.400. The van der Waals surface area contributed by atoms with Crippen LogP contribution in [0.1, 0.15) is 31.1 Å². The molecular weight excluding hydrogens is 358 g/mol. The van der Waals surface area contributed by atoms with Crippen molar-refractivity contribution >= 4 is 16.7 Å². The standard InChI is InChI=1S/C25H27N3O/c1-24-14-27-16-25(2,23(24)29)17-28(15-24)22(27)20-13-26(12-18-8-4-3-5-9-18)21-11-7-6-10-19(20)21/h3-11,13,22H,12,14-17H2,1-2H3/p+2. The maximum atomic E-state index is 13.0. The number of benzene rings is 2. The highest BCUT2D eigenvalue weighted by molar-refractivity contribution is 5.91. The number of nitrogens with zero attached hydrogens (tertiary/aromatic N) is 1. The third kappa shape index (κ3) is 2.42. The summed E-state index contributed by atoms with van der Waals surface area (Å²) in [6.07, 6.45) is 2.84. The summed E-state index contributed by atoms with van der Waals surface area (Å²) in [5.74, 6) is 0.516. The number of carbonyl (C=O) groups is 1. The van der Waals surface area contributed by atoms with Gasteiger partial charge in [0.15, 0.2) is 5.78 Å². The van der Waals surface area contributed by atoms with Crippen molar-refractivity contribution in [1.82, 2.24) is 4.57 Å². The largest absolute Gasteiger partial charge is 0.342 e. The van der Waals surface area contributed by atoms with Gasteiger partial charge in [-0.3, -0.25) is 14.6 Å². The van der Waals surface area contributed by atoms with Gasteiger partial charge in [0.25, 0.3) is 0 Å². The average molecular weight is 388 g/mol. The van der Waals surface area contributed by atoms with Gasteiger partial charge in [0.05, 0.1) is 31.7 Å². The Morgan fingerprint density at radius 1 is 0.897 bits per heavy atom. The lowest BCUT2D eigenvalue weighted by atomic mass is 9.62. The van der Waals surface area contributed by atoms with E-state index in [0.717, 1.165) is 32.7 Å². The Balaban J connectivity index is 1.44. The molecule has 4 saturated heterocycles. The summed E-state index contributed by atoms with van der Waals surface area (Å²) in [7, 11) is 0. The summed E-state index contributed by atoms with van der Waals surface area (Å²) in [6, 6.07) is 19.6. The van der Waals surface area contributed by atoms with E-state index in [-0.39, 0.29) is 10.8 Å². The highest BCUT2D eigenvalue weighted by Crippen LogP contribution is 2.37. The van der Waals surface area contributed by atoms with Crippen LogP contribution in [0.5, 0.6) is 0 Å². The second-order valence-electron chi connectivity index (χ2n) is 10.1. The predicted octanol–water partition coefficient (Wildman–Crippen LogP) is 1.08. The van der Waals surface area contributed by atoms with Crippen LogP contribution in [-0.2, 0) is 11.3 Å². The molecule has 0 unspecified atom stereocenters. The molecule has 4 aliphatic rings. The van der Waals surface area contributed by atoms with Gasteiger partial charge in [0.2, 0.25) is 6.17 Å².